The van der Waals surface area contributed by atoms with Crippen LogP contribution in [-0.4, -0.2) is 32.2 Å². The first kappa shape index (κ1) is 25.4. The number of aryl methyl sites for hydroxylation is 1. The lowest BCUT2D eigenvalue weighted by molar-refractivity contribution is -0.0498. The molecule has 0 aliphatic carbocycles. The first-order valence-electron chi connectivity index (χ1n) is 9.47. The number of halogens is 3. The number of ether oxygens (including phenoxy) is 1. The summed E-state index contributed by atoms with van der Waals surface area (Å²) < 4.78 is 54.2. The van der Waals surface area contributed by atoms with Gasteiger partial charge in [0.1, 0.15) is 11.4 Å². The Morgan fingerprint density at radius 2 is 1.97 bits per heavy atom. The van der Waals surface area contributed by atoms with Gasteiger partial charge in [0.25, 0.3) is 5.91 Å². The smallest absolute Gasteiger partial charge is 0.387 e. The molecule has 0 saturated heterocycles. The highest BCUT2D eigenvalue weighted by atomic mass is 35.5. The van der Waals surface area contributed by atoms with Gasteiger partial charge in [-0.15, -0.1) is 11.3 Å². The number of nitrogens with one attached hydrogen (secondary N) is 1. The average Bonchev–Trinajstić information content (AvgIpc) is 3.14. The number of hydrogen-bond donors (Lipinski definition) is 1. The fourth-order valence-corrected chi connectivity index (χ4v) is 4.53. The molecule has 178 valence electrons. The summed E-state index contributed by atoms with van der Waals surface area (Å²) in [4.78, 5) is 18.9. The number of thiazole rings is 1. The van der Waals surface area contributed by atoms with E-state index < -0.39 is 22.5 Å². The number of carbonyl (C=O) groups excluding carboxylic acids is 1. The molecule has 3 aromatic rings. The molecule has 0 aliphatic rings. The lowest BCUT2D eigenvalue weighted by Gasteiger charge is -2.22. The molecule has 0 spiro atoms. The van der Waals surface area contributed by atoms with Crippen molar-refractivity contribution in [3.8, 4) is 11.8 Å². The van der Waals surface area contributed by atoms with Crippen LogP contribution >= 0.6 is 22.9 Å². The lowest BCUT2D eigenvalue weighted by atomic mass is 10.1. The van der Waals surface area contributed by atoms with Crippen LogP contribution in [0.1, 0.15) is 26.5 Å². The molecule has 0 saturated carbocycles. The highest BCUT2D eigenvalue weighted by molar-refractivity contribution is 7.89. The second-order valence-electron chi connectivity index (χ2n) is 6.99. The van der Waals surface area contributed by atoms with Gasteiger partial charge in [-0.1, -0.05) is 17.7 Å². The molecule has 1 heterocycles. The van der Waals surface area contributed by atoms with E-state index in [4.69, 9.17) is 16.9 Å². The van der Waals surface area contributed by atoms with Crippen LogP contribution in [0.5, 0.6) is 5.75 Å². The molecule has 8 nitrogen and oxygen atoms in total. The molecule has 0 unspecified atom stereocenters. The number of hydrogen-bond acceptors (Lipinski definition) is 8. The quantitative estimate of drug-likeness (QED) is 0.456. The number of sulfonamides is 1. The van der Waals surface area contributed by atoms with E-state index in [0.29, 0.717) is 26.8 Å². The Bertz CT molecular complexity index is 1360. The van der Waals surface area contributed by atoms with Crippen molar-refractivity contribution in [2.45, 2.75) is 20.1 Å². The highest BCUT2D eigenvalue weighted by Gasteiger charge is 2.23. The molecule has 2 aromatic carbocycles. The minimum atomic E-state index is -3.78. The van der Waals surface area contributed by atoms with Crippen LogP contribution in [0.25, 0.3) is 0 Å². The second kappa shape index (κ2) is 10.3. The SMILES string of the molecule is Cc1sc(N(Cc2ccc(OC(F)F)c(Cl)c2)c2ccc(C#N)cc2)nc1C(=O)NS(C)(=O)=O. The third kappa shape index (κ3) is 6.40. The number of amides is 1. The number of nitrogens with zero attached hydrogens (tertiary/aromatic N) is 3. The lowest BCUT2D eigenvalue weighted by Crippen LogP contribution is -2.30. The Morgan fingerprint density at radius 1 is 1.29 bits per heavy atom. The molecule has 0 fully saturated rings. The van der Waals surface area contributed by atoms with Gasteiger partial charge in [0.05, 0.1) is 29.5 Å². The molecule has 13 heteroatoms. The topological polar surface area (TPSA) is 112 Å². The number of nitriles is 1. The van der Waals surface area contributed by atoms with Gasteiger partial charge in [-0.3, -0.25) is 4.79 Å². The molecule has 1 amide bonds. The van der Waals surface area contributed by atoms with Crippen LogP contribution in [0.3, 0.4) is 0 Å². The van der Waals surface area contributed by atoms with Crippen molar-refractivity contribution in [3.05, 3.63) is 69.2 Å². The third-order valence-corrected chi connectivity index (χ3v) is 6.22. The fourth-order valence-electron chi connectivity index (χ4n) is 2.93. The van der Waals surface area contributed by atoms with Crippen molar-refractivity contribution in [1.29, 1.82) is 5.26 Å². The van der Waals surface area contributed by atoms with E-state index in [1.165, 1.54) is 12.1 Å². The Kier molecular flexibility index (Phi) is 7.71. The zero-order valence-corrected chi connectivity index (χ0v) is 20.1. The average molecular weight is 527 g/mol. The van der Waals surface area contributed by atoms with Crippen LogP contribution in [0, 0.1) is 18.3 Å². The van der Waals surface area contributed by atoms with E-state index in [1.54, 1.807) is 42.2 Å². The molecule has 0 atom stereocenters. The third-order valence-electron chi connectivity index (χ3n) is 4.37. The monoisotopic (exact) mass is 526 g/mol. The number of rotatable bonds is 8. The molecule has 3 rings (SSSR count). The first-order valence-corrected chi connectivity index (χ1v) is 12.6. The van der Waals surface area contributed by atoms with E-state index in [9.17, 15) is 22.0 Å². The molecule has 34 heavy (non-hydrogen) atoms. The van der Waals surface area contributed by atoms with Gasteiger partial charge in [0.2, 0.25) is 10.0 Å². The van der Waals surface area contributed by atoms with Gasteiger partial charge in [0, 0.05) is 10.6 Å². The summed E-state index contributed by atoms with van der Waals surface area (Å²) >= 11 is 7.24. The van der Waals surface area contributed by atoms with Crippen molar-refractivity contribution >= 4 is 49.7 Å². The minimum absolute atomic E-state index is 0.0129. The predicted octanol–water partition coefficient (Wildman–Crippen LogP) is 4.61. The van der Waals surface area contributed by atoms with E-state index in [0.717, 1.165) is 17.6 Å². The van der Waals surface area contributed by atoms with E-state index >= 15 is 0 Å². The summed E-state index contributed by atoms with van der Waals surface area (Å²) in [6, 6.07) is 12.9. The van der Waals surface area contributed by atoms with Gasteiger partial charge in [-0.25, -0.2) is 18.1 Å². The standard InChI is InChI=1S/C21H17ClF2N4O4S2/c1-12-18(19(29)27-34(2,30)31)26-21(33-12)28(15-6-3-13(10-25)4-7-15)11-14-5-8-17(16(22)9-14)32-20(23)24/h3-9,20H,11H2,1-2H3,(H,27,29). The maximum Gasteiger partial charge on any atom is 0.387 e. The predicted molar refractivity (Wildman–Crippen MR) is 124 cm³/mol. The highest BCUT2D eigenvalue weighted by Crippen LogP contribution is 2.35. The summed E-state index contributed by atoms with van der Waals surface area (Å²) in [5.74, 6) is -1.03. The Hall–Kier alpha value is -3.27. The van der Waals surface area contributed by atoms with Gasteiger partial charge in [0.15, 0.2) is 5.13 Å². The van der Waals surface area contributed by atoms with Gasteiger partial charge >= 0.3 is 6.61 Å². The molecule has 0 radical (unpaired) electrons. The molecule has 0 aliphatic heterocycles. The number of benzene rings is 2. The summed E-state index contributed by atoms with van der Waals surface area (Å²) in [6.07, 6.45) is 0.863. The second-order valence-corrected chi connectivity index (χ2v) is 10.3. The van der Waals surface area contributed by atoms with Gasteiger partial charge in [-0.2, -0.15) is 14.0 Å². The summed E-state index contributed by atoms with van der Waals surface area (Å²) in [7, 11) is -3.78. The zero-order chi connectivity index (χ0) is 25.0. The van der Waals surface area contributed by atoms with E-state index in [-0.39, 0.29) is 23.0 Å². The minimum Gasteiger partial charge on any atom is -0.433 e. The van der Waals surface area contributed by atoms with Crippen molar-refractivity contribution in [3.63, 3.8) is 0 Å². The number of alkyl halides is 2. The van der Waals surface area contributed by atoms with Crippen LogP contribution in [0.15, 0.2) is 42.5 Å². The zero-order valence-electron chi connectivity index (χ0n) is 17.8. The number of anilines is 2. The summed E-state index contributed by atoms with van der Waals surface area (Å²) in [5, 5.41) is 9.44. The Balaban J connectivity index is 2.00. The normalized spacial score (nSPS) is 11.2. The Labute approximate surface area is 203 Å². The molecular formula is C21H17ClF2N4O4S2. The van der Waals surface area contributed by atoms with Crippen molar-refractivity contribution in [1.82, 2.24) is 9.71 Å². The first-order chi connectivity index (χ1) is 16.0. The number of carbonyl (C=O) groups is 1. The van der Waals surface area contributed by atoms with Gasteiger partial charge in [-0.05, 0) is 48.9 Å². The van der Waals surface area contributed by atoms with Crippen LogP contribution in [-0.2, 0) is 16.6 Å². The maximum atomic E-state index is 12.5. The number of aromatic nitrogens is 1. The maximum absolute atomic E-state index is 12.5. The van der Waals surface area contributed by atoms with Crippen LogP contribution in [0.2, 0.25) is 5.02 Å². The van der Waals surface area contributed by atoms with Crippen molar-refractivity contribution < 1.29 is 26.7 Å². The van der Waals surface area contributed by atoms with Crippen LogP contribution < -0.4 is 14.4 Å². The summed E-state index contributed by atoms with van der Waals surface area (Å²) in [6.45, 7) is -1.23. The largest absolute Gasteiger partial charge is 0.433 e. The Morgan fingerprint density at radius 3 is 2.53 bits per heavy atom. The molecule has 1 N–H and O–H groups in total. The fraction of sp³-hybridized carbons (Fsp3) is 0.190. The molecule has 1 aromatic heterocycles. The van der Waals surface area contributed by atoms with Crippen molar-refractivity contribution in [2.24, 2.45) is 0 Å². The summed E-state index contributed by atoms with van der Waals surface area (Å²) in [5.41, 5.74) is 1.62. The molecular weight excluding hydrogens is 510 g/mol. The van der Waals surface area contributed by atoms with Gasteiger partial charge < -0.3 is 9.64 Å². The molecule has 0 bridgehead atoms. The van der Waals surface area contributed by atoms with Crippen LogP contribution in [0.4, 0.5) is 19.6 Å². The van der Waals surface area contributed by atoms with Crippen molar-refractivity contribution in [2.75, 3.05) is 11.2 Å². The van der Waals surface area contributed by atoms with E-state index in [1.807, 2.05) is 10.8 Å². The van der Waals surface area contributed by atoms with E-state index in [2.05, 4.69) is 9.72 Å².